The van der Waals surface area contributed by atoms with Gasteiger partial charge < -0.3 is 14.8 Å². The third-order valence-corrected chi connectivity index (χ3v) is 5.99. The second kappa shape index (κ2) is 10.2. The summed E-state index contributed by atoms with van der Waals surface area (Å²) in [5, 5.41) is 20.6. The van der Waals surface area contributed by atoms with Crippen molar-refractivity contribution in [3.63, 3.8) is 0 Å². The van der Waals surface area contributed by atoms with E-state index in [-0.39, 0.29) is 17.8 Å². The number of unbranched alkanes of at least 4 members (excludes halogenated alkanes) is 2. The smallest absolute Gasteiger partial charge is 0.332 e. The van der Waals surface area contributed by atoms with Crippen LogP contribution in [-0.2, 0) is 20.1 Å². The van der Waals surface area contributed by atoms with Crippen molar-refractivity contribution < 1.29 is 10.2 Å². The highest BCUT2D eigenvalue weighted by Crippen LogP contribution is 2.22. The van der Waals surface area contributed by atoms with Gasteiger partial charge in [-0.25, -0.2) is 9.78 Å². The summed E-state index contributed by atoms with van der Waals surface area (Å²) in [6, 6.07) is 0. The number of hydrogen-bond acceptors (Lipinski definition) is 5. The molecule has 2 heterocycles. The first-order valence-corrected chi connectivity index (χ1v) is 10.8. The number of nitrogens with zero attached hydrogens (tertiary/aromatic N) is 4. The first kappa shape index (κ1) is 23.3. The fourth-order valence-electron chi connectivity index (χ4n) is 3.74. The van der Waals surface area contributed by atoms with Crippen molar-refractivity contribution >= 4 is 11.2 Å². The molecule has 8 heteroatoms. The van der Waals surface area contributed by atoms with Crippen molar-refractivity contribution in [1.82, 2.24) is 18.7 Å². The Bertz CT molecular complexity index is 908. The lowest BCUT2D eigenvalue weighted by molar-refractivity contribution is 0.0210. The molecule has 0 bridgehead atoms. The van der Waals surface area contributed by atoms with Crippen molar-refractivity contribution in [3.05, 3.63) is 27.2 Å². The Morgan fingerprint density at radius 3 is 2.45 bits per heavy atom. The fraction of sp³-hybridized carbons (Fsp3) is 0.762. The molecule has 0 fully saturated rings. The van der Waals surface area contributed by atoms with E-state index < -0.39 is 11.7 Å². The zero-order chi connectivity index (χ0) is 21.6. The third kappa shape index (κ3) is 5.36. The summed E-state index contributed by atoms with van der Waals surface area (Å²) >= 11 is 0. The number of aromatic nitrogens is 4. The monoisotopic (exact) mass is 408 g/mol. The Morgan fingerprint density at radius 1 is 1.14 bits per heavy atom. The van der Waals surface area contributed by atoms with Crippen LogP contribution in [0.5, 0.6) is 0 Å². The second-order valence-electron chi connectivity index (χ2n) is 8.05. The Hall–Kier alpha value is -1.93. The Balaban J connectivity index is 2.24. The molecule has 2 N–H and O–H groups in total. The summed E-state index contributed by atoms with van der Waals surface area (Å²) in [6.07, 6.45) is 6.94. The molecule has 0 aliphatic rings. The Labute approximate surface area is 171 Å². The number of imidazole rings is 1. The second-order valence-corrected chi connectivity index (χ2v) is 8.05. The molecule has 29 heavy (non-hydrogen) atoms. The van der Waals surface area contributed by atoms with Crippen LogP contribution in [0.25, 0.3) is 11.2 Å². The maximum absolute atomic E-state index is 13.0. The maximum Gasteiger partial charge on any atom is 0.332 e. The molecular weight excluding hydrogens is 372 g/mol. The van der Waals surface area contributed by atoms with Crippen molar-refractivity contribution in [1.29, 1.82) is 0 Å². The Kier molecular flexibility index (Phi) is 8.22. The standard InChI is InChI=1S/C21H36N4O4/c1-5-8-11-16(26)14-24-15-22-18-17(24)19(27)25(20(28)23(18)4)13-10-9-12-21(29,6-2)7-3/h15-16,26,29H,5-14H2,1-4H3. The lowest BCUT2D eigenvalue weighted by Gasteiger charge is -2.25. The number of hydrogen-bond donors (Lipinski definition) is 2. The molecule has 2 aromatic heterocycles. The highest BCUT2D eigenvalue weighted by molar-refractivity contribution is 5.69. The van der Waals surface area contributed by atoms with Gasteiger partial charge in [0, 0.05) is 13.6 Å². The quantitative estimate of drug-likeness (QED) is 0.524. The zero-order valence-corrected chi connectivity index (χ0v) is 18.2. The van der Waals surface area contributed by atoms with E-state index in [0.29, 0.717) is 49.8 Å². The van der Waals surface area contributed by atoms with Crippen molar-refractivity contribution in [2.24, 2.45) is 7.05 Å². The van der Waals surface area contributed by atoms with Gasteiger partial charge in [-0.15, -0.1) is 0 Å². The number of aryl methyl sites for hydroxylation is 1. The molecular formula is C21H36N4O4. The van der Waals surface area contributed by atoms with Crippen LogP contribution in [0.2, 0.25) is 0 Å². The number of rotatable bonds is 12. The predicted molar refractivity (Wildman–Crippen MR) is 114 cm³/mol. The summed E-state index contributed by atoms with van der Waals surface area (Å²) in [5.41, 5.74) is -0.746. The predicted octanol–water partition coefficient (Wildman–Crippen LogP) is 2.17. The molecule has 8 nitrogen and oxygen atoms in total. The normalized spacial score (nSPS) is 13.3. The van der Waals surface area contributed by atoms with Crippen LogP contribution in [0, 0.1) is 0 Å². The average Bonchev–Trinajstić information content (AvgIpc) is 3.13. The molecule has 0 amide bonds. The van der Waals surface area contributed by atoms with Gasteiger partial charge in [-0.2, -0.15) is 0 Å². The van der Waals surface area contributed by atoms with E-state index in [1.807, 2.05) is 13.8 Å². The lowest BCUT2D eigenvalue weighted by Crippen LogP contribution is -2.40. The van der Waals surface area contributed by atoms with Crippen LogP contribution < -0.4 is 11.2 Å². The van der Waals surface area contributed by atoms with Crippen molar-refractivity contribution in [2.45, 2.75) is 96.9 Å². The van der Waals surface area contributed by atoms with Gasteiger partial charge in [0.1, 0.15) is 0 Å². The highest BCUT2D eigenvalue weighted by atomic mass is 16.3. The molecule has 1 atom stereocenters. The molecule has 0 spiro atoms. The Morgan fingerprint density at radius 2 is 1.83 bits per heavy atom. The van der Waals surface area contributed by atoms with E-state index in [0.717, 1.165) is 19.3 Å². The molecule has 0 saturated heterocycles. The summed E-state index contributed by atoms with van der Waals surface area (Å²) in [4.78, 5) is 29.9. The minimum atomic E-state index is -0.673. The van der Waals surface area contributed by atoms with Crippen molar-refractivity contribution in [2.75, 3.05) is 0 Å². The largest absolute Gasteiger partial charge is 0.391 e. The molecule has 164 valence electrons. The van der Waals surface area contributed by atoms with E-state index in [9.17, 15) is 19.8 Å². The molecule has 0 aliphatic carbocycles. The van der Waals surface area contributed by atoms with Gasteiger partial charge in [-0.05, 0) is 38.5 Å². The summed E-state index contributed by atoms with van der Waals surface area (Å²) in [6.45, 7) is 6.58. The molecule has 2 aromatic rings. The summed E-state index contributed by atoms with van der Waals surface area (Å²) in [7, 11) is 1.61. The number of fused-ring (bicyclic) bond motifs is 1. The van der Waals surface area contributed by atoms with Crippen molar-refractivity contribution in [3.8, 4) is 0 Å². The van der Waals surface area contributed by atoms with Gasteiger partial charge in [-0.1, -0.05) is 33.6 Å². The first-order chi connectivity index (χ1) is 13.8. The third-order valence-electron chi connectivity index (χ3n) is 5.99. The maximum atomic E-state index is 13.0. The van der Waals surface area contributed by atoms with Crippen LogP contribution in [0.4, 0.5) is 0 Å². The zero-order valence-electron chi connectivity index (χ0n) is 18.2. The summed E-state index contributed by atoms with van der Waals surface area (Å²) < 4.78 is 4.29. The van der Waals surface area contributed by atoms with Crippen LogP contribution in [-0.4, -0.2) is 40.6 Å². The fourth-order valence-corrected chi connectivity index (χ4v) is 3.74. The summed E-state index contributed by atoms with van der Waals surface area (Å²) in [5.74, 6) is 0. The van der Waals surface area contributed by atoms with Crippen LogP contribution >= 0.6 is 0 Å². The molecule has 2 rings (SSSR count). The number of aliphatic hydroxyl groups excluding tert-OH is 1. The molecule has 0 radical (unpaired) electrons. The molecule has 0 aromatic carbocycles. The van der Waals surface area contributed by atoms with Crippen LogP contribution in [0.15, 0.2) is 15.9 Å². The van der Waals surface area contributed by atoms with Gasteiger partial charge in [0.05, 0.1) is 24.6 Å². The lowest BCUT2D eigenvalue weighted by atomic mass is 9.91. The van der Waals surface area contributed by atoms with Gasteiger partial charge in [0.2, 0.25) is 0 Å². The minimum Gasteiger partial charge on any atom is -0.391 e. The van der Waals surface area contributed by atoms with Gasteiger partial charge in [0.15, 0.2) is 11.2 Å². The van der Waals surface area contributed by atoms with E-state index in [1.165, 1.54) is 15.5 Å². The number of aliphatic hydroxyl groups is 2. The topological polar surface area (TPSA) is 102 Å². The van der Waals surface area contributed by atoms with E-state index in [4.69, 9.17) is 0 Å². The van der Waals surface area contributed by atoms with Crippen LogP contribution in [0.1, 0.15) is 72.1 Å². The highest BCUT2D eigenvalue weighted by Gasteiger charge is 2.22. The van der Waals surface area contributed by atoms with Gasteiger partial charge >= 0.3 is 5.69 Å². The molecule has 1 unspecified atom stereocenters. The average molecular weight is 409 g/mol. The van der Waals surface area contributed by atoms with Crippen LogP contribution in [0.3, 0.4) is 0 Å². The minimum absolute atomic E-state index is 0.282. The molecule has 0 aliphatic heterocycles. The van der Waals surface area contributed by atoms with Gasteiger partial charge in [-0.3, -0.25) is 13.9 Å². The molecule has 0 saturated carbocycles. The van der Waals surface area contributed by atoms with Gasteiger partial charge in [0.25, 0.3) is 5.56 Å². The van der Waals surface area contributed by atoms with E-state index >= 15 is 0 Å². The SMILES string of the molecule is CCCCC(O)Cn1cnc2c1c(=O)n(CCCCC(O)(CC)CC)c(=O)n2C. The first-order valence-electron chi connectivity index (χ1n) is 10.8. The van der Waals surface area contributed by atoms with E-state index in [2.05, 4.69) is 11.9 Å². The van der Waals surface area contributed by atoms with E-state index in [1.54, 1.807) is 11.6 Å².